The molecular weight excluding hydrogens is 1080 g/mol. The van der Waals surface area contributed by atoms with Gasteiger partial charge in [-0.25, -0.2) is 18.2 Å². The van der Waals surface area contributed by atoms with Crippen LogP contribution in [0.3, 0.4) is 0 Å². The number of nitrogens with zero attached hydrogens (tertiary/aromatic N) is 5. The molecule has 3 fully saturated rings. The van der Waals surface area contributed by atoms with Gasteiger partial charge in [0.1, 0.15) is 61.4 Å². The van der Waals surface area contributed by atoms with E-state index in [9.17, 15) is 0 Å². The van der Waals surface area contributed by atoms with Crippen LogP contribution in [0, 0.1) is 23.1 Å². The van der Waals surface area contributed by atoms with Crippen molar-refractivity contribution in [1.29, 1.82) is 0 Å². The van der Waals surface area contributed by atoms with Crippen molar-refractivity contribution >= 4 is 62.6 Å². The van der Waals surface area contributed by atoms with E-state index in [1.807, 2.05) is 24.3 Å². The van der Waals surface area contributed by atoms with Crippen LogP contribution >= 0.6 is 0 Å². The highest BCUT2D eigenvalue weighted by molar-refractivity contribution is 6.99. The van der Waals surface area contributed by atoms with Gasteiger partial charge in [-0.05, 0) is 104 Å². The summed E-state index contributed by atoms with van der Waals surface area (Å²) in [5.41, 5.74) is 4.76. The Hall–Kier alpha value is -5.25. The van der Waals surface area contributed by atoms with Gasteiger partial charge >= 0.3 is 6.01 Å². The van der Waals surface area contributed by atoms with Crippen molar-refractivity contribution in [3.63, 3.8) is 0 Å². The quantitative estimate of drug-likeness (QED) is 0.0617. The molecule has 438 valence electrons. The zero-order valence-corrected chi connectivity index (χ0v) is 54.4. The average molecular weight is 1170 g/mol. The summed E-state index contributed by atoms with van der Waals surface area (Å²) in [4.78, 5) is 20.0. The maximum atomic E-state index is 19.0. The summed E-state index contributed by atoms with van der Waals surface area (Å²) in [6.07, 6.45) is 2.67. The fraction of sp³-hybridized carbons (Fsp3) is 0.537. The molecule has 0 radical (unpaired) electrons. The number of aromatic nitrogens is 3. The molecule has 0 unspecified atom stereocenters. The number of halogens is 3. The zero-order valence-electron chi connectivity index (χ0n) is 51.4. The molecule has 2 saturated heterocycles. The molecular formula is C67H88F3N5O4Si3. The van der Waals surface area contributed by atoms with Crippen LogP contribution in [0.15, 0.2) is 84.9 Å². The third kappa shape index (κ3) is 10.2. The molecule has 2 aromatic heterocycles. The van der Waals surface area contributed by atoms with Crippen LogP contribution in [0.25, 0.3) is 32.9 Å². The first-order chi connectivity index (χ1) is 38.9. The predicted octanol–water partition coefficient (Wildman–Crippen LogP) is 15.5. The Morgan fingerprint density at radius 2 is 1.38 bits per heavy atom. The monoisotopic (exact) mass is 1170 g/mol. The lowest BCUT2D eigenvalue weighted by molar-refractivity contribution is 0.107. The third-order valence-electron chi connectivity index (χ3n) is 19.7. The fourth-order valence-corrected chi connectivity index (χ4v) is 30.7. The van der Waals surface area contributed by atoms with Gasteiger partial charge in [0, 0.05) is 30.5 Å². The van der Waals surface area contributed by atoms with E-state index in [2.05, 4.69) is 174 Å². The Bertz CT molecular complexity index is 3290. The van der Waals surface area contributed by atoms with Crippen molar-refractivity contribution in [2.75, 3.05) is 44.4 Å². The Labute approximate surface area is 489 Å². The van der Waals surface area contributed by atoms with Crippen molar-refractivity contribution < 1.29 is 31.5 Å². The first-order valence-electron chi connectivity index (χ1n) is 30.4. The molecule has 0 bridgehead atoms. The second-order valence-electron chi connectivity index (χ2n) is 27.2. The minimum atomic E-state index is -2.99. The fourth-order valence-electron chi connectivity index (χ4n) is 15.7. The third-order valence-corrected chi connectivity index (χ3v) is 37.0. The average Bonchev–Trinajstić information content (AvgIpc) is 2.00. The van der Waals surface area contributed by atoms with Crippen molar-refractivity contribution in [3.8, 4) is 40.4 Å². The summed E-state index contributed by atoms with van der Waals surface area (Å²) < 4.78 is 80.1. The maximum absolute atomic E-state index is 19.0. The van der Waals surface area contributed by atoms with Crippen LogP contribution < -0.4 is 29.2 Å². The first kappa shape index (κ1) is 59.9. The molecule has 10 rings (SSSR count). The number of ether oxygens (including phenoxy) is 2. The number of fused-ring (bicyclic) bond motifs is 2. The Balaban J connectivity index is 1.20. The smallest absolute Gasteiger partial charge is 0.319 e. The van der Waals surface area contributed by atoms with E-state index in [1.54, 1.807) is 6.07 Å². The lowest BCUT2D eigenvalue weighted by Crippen LogP contribution is -2.67. The number of pyridine rings is 1. The summed E-state index contributed by atoms with van der Waals surface area (Å²) in [7, 11) is -8.00. The molecule has 5 heterocycles. The summed E-state index contributed by atoms with van der Waals surface area (Å²) in [5.74, 6) is 3.45. The lowest BCUT2D eigenvalue weighted by Gasteiger charge is -2.43. The van der Waals surface area contributed by atoms with Crippen LogP contribution in [0.2, 0.25) is 38.3 Å². The number of benzene rings is 4. The van der Waals surface area contributed by atoms with Gasteiger partial charge < -0.3 is 23.2 Å². The van der Waals surface area contributed by atoms with Crippen molar-refractivity contribution in [2.45, 2.75) is 191 Å². The van der Waals surface area contributed by atoms with Crippen LogP contribution in [-0.2, 0) is 4.43 Å². The summed E-state index contributed by atoms with van der Waals surface area (Å²) in [5, 5.41) is 3.50. The number of anilines is 1. The van der Waals surface area contributed by atoms with E-state index in [0.29, 0.717) is 59.4 Å². The van der Waals surface area contributed by atoms with E-state index in [1.165, 1.54) is 16.4 Å². The van der Waals surface area contributed by atoms with E-state index >= 15 is 13.2 Å². The molecule has 1 spiro atoms. The highest BCUT2D eigenvalue weighted by Crippen LogP contribution is 2.52. The van der Waals surface area contributed by atoms with E-state index in [-0.39, 0.29) is 80.2 Å². The summed E-state index contributed by atoms with van der Waals surface area (Å²) >= 11 is 0. The molecule has 1 aliphatic carbocycles. The van der Waals surface area contributed by atoms with Gasteiger partial charge in [0.15, 0.2) is 5.82 Å². The molecule has 4 aliphatic rings. The largest absolute Gasteiger partial charge is 0.543 e. The lowest BCUT2D eigenvalue weighted by atomic mass is 9.95. The normalized spacial score (nSPS) is 19.3. The predicted molar refractivity (Wildman–Crippen MR) is 337 cm³/mol. The van der Waals surface area contributed by atoms with Crippen molar-refractivity contribution in [1.82, 2.24) is 19.9 Å². The van der Waals surface area contributed by atoms with Gasteiger partial charge in [0.25, 0.3) is 16.6 Å². The number of rotatable bonds is 18. The van der Waals surface area contributed by atoms with Gasteiger partial charge in [-0.3, -0.25) is 4.90 Å². The molecule has 1 saturated carbocycles. The SMILES string of the molecule is CC(C)[Si](C#Cc1c(F)ccc2cc(O[Si](C(C)C)(C(C)C)C(C)C)cc(-c3nc4c5c(nc(OC[C@@]67CCCN6C[C@H](F)C7)nc5c3F)N(CCO[Si](c3ccccc3)(c3ccccc3)C(C)(C)C)C3(CC3)CO4)c12)(C(C)C)C(C)C. The maximum Gasteiger partial charge on any atom is 0.319 e. The topological polar surface area (TPSA) is 82.1 Å². The highest BCUT2D eigenvalue weighted by Gasteiger charge is 2.55. The Morgan fingerprint density at radius 3 is 1.95 bits per heavy atom. The molecule has 15 heteroatoms. The van der Waals surface area contributed by atoms with Gasteiger partial charge in [0.05, 0.1) is 23.2 Å². The summed E-state index contributed by atoms with van der Waals surface area (Å²) in [6, 6.07) is 28.3. The number of hydrogen-bond donors (Lipinski definition) is 0. The van der Waals surface area contributed by atoms with Crippen LogP contribution in [-0.4, -0.2) is 101 Å². The van der Waals surface area contributed by atoms with Gasteiger partial charge in [-0.15, -0.1) is 5.54 Å². The van der Waals surface area contributed by atoms with Crippen molar-refractivity contribution in [3.05, 3.63) is 102 Å². The summed E-state index contributed by atoms with van der Waals surface area (Å²) in [6.45, 7) is 35.9. The van der Waals surface area contributed by atoms with Crippen molar-refractivity contribution in [2.24, 2.45) is 0 Å². The molecule has 3 aliphatic heterocycles. The molecule has 82 heavy (non-hydrogen) atoms. The molecule has 2 atom stereocenters. The minimum absolute atomic E-state index is 0.0119. The molecule has 0 amide bonds. The second kappa shape index (κ2) is 22.6. The second-order valence-corrected chi connectivity index (χ2v) is 42.5. The van der Waals surface area contributed by atoms with Crippen LogP contribution in [0.5, 0.6) is 17.6 Å². The van der Waals surface area contributed by atoms with Crippen LogP contribution in [0.1, 0.15) is 142 Å². The van der Waals surface area contributed by atoms with Crippen LogP contribution in [0.4, 0.5) is 19.0 Å². The number of alkyl halides is 1. The van der Waals surface area contributed by atoms with E-state index < -0.39 is 53.6 Å². The molecule has 4 aromatic carbocycles. The Morgan fingerprint density at radius 1 is 0.756 bits per heavy atom. The van der Waals surface area contributed by atoms with E-state index in [0.717, 1.165) is 32.2 Å². The first-order valence-corrected chi connectivity index (χ1v) is 36.7. The van der Waals surface area contributed by atoms with Gasteiger partial charge in [-0.2, -0.15) is 9.97 Å². The zero-order chi connectivity index (χ0) is 58.9. The highest BCUT2D eigenvalue weighted by atomic mass is 28.4. The van der Waals surface area contributed by atoms with Gasteiger partial charge in [-0.1, -0.05) is 177 Å². The van der Waals surface area contributed by atoms with E-state index in [4.69, 9.17) is 33.3 Å². The standard InChI is InChI=1S/C67H88F3N5O4Si3/c1-43(2)80(44(3)4,45(5)6)36-29-54-56(69)28-27-49-37-51(79-81(46(7)8,47(9)10)48(11)12)38-55(57(49)54)60-59(70)61-58-62(73-64(72-61)77-42-67-30-22-33-74(67)40-50(68)39-67)75(66(31-32-66)41-76-63(58)71-60)34-35-78-82(65(13,14)15,52-23-18-16-19-24-52)53-25-20-17-21-26-53/h16-21,23-28,37-38,43-48,50H,22,30-35,39-42H2,1-15H3/t50-,67+/m1/s1. The molecule has 0 N–H and O–H groups in total. The van der Waals surface area contributed by atoms with Gasteiger partial charge in [0.2, 0.25) is 5.88 Å². The Kier molecular flexibility index (Phi) is 16.5. The molecule has 9 nitrogen and oxygen atoms in total. The molecule has 6 aromatic rings. The minimum Gasteiger partial charge on any atom is -0.543 e. The number of hydrogen-bond acceptors (Lipinski definition) is 9.